The van der Waals surface area contributed by atoms with E-state index < -0.39 is 0 Å². The lowest BCUT2D eigenvalue weighted by atomic mass is 9.99. The van der Waals surface area contributed by atoms with Crippen LogP contribution in [0, 0.1) is 6.92 Å². The van der Waals surface area contributed by atoms with Gasteiger partial charge in [0.05, 0.1) is 47.6 Å². The number of pyridine rings is 2. The predicted molar refractivity (Wildman–Crippen MR) is 142 cm³/mol. The van der Waals surface area contributed by atoms with Gasteiger partial charge in [0.15, 0.2) is 0 Å². The van der Waals surface area contributed by atoms with Crippen LogP contribution in [0.15, 0.2) is 66.9 Å². The summed E-state index contributed by atoms with van der Waals surface area (Å²) in [5.74, 6) is -0.310. The molecule has 36 heavy (non-hydrogen) atoms. The summed E-state index contributed by atoms with van der Waals surface area (Å²) >= 11 is 0. The molecule has 1 fully saturated rings. The van der Waals surface area contributed by atoms with Crippen molar-refractivity contribution in [2.45, 2.75) is 20.4 Å². The Morgan fingerprint density at radius 3 is 2.69 bits per heavy atom. The summed E-state index contributed by atoms with van der Waals surface area (Å²) in [5, 5.41) is 1.83. The summed E-state index contributed by atoms with van der Waals surface area (Å²) in [4.78, 5) is 20.9. The summed E-state index contributed by atoms with van der Waals surface area (Å²) in [6.07, 6.45) is 2.00. The third kappa shape index (κ3) is 3.83. The first-order chi connectivity index (χ1) is 17.7. The lowest BCUT2D eigenvalue weighted by Gasteiger charge is -2.27. The fourth-order valence-electron chi connectivity index (χ4n) is 5.26. The number of morpholine rings is 1. The number of ether oxygens (including phenoxy) is 2. The standard InChI is InChI=1S/C30H29N3O3/c1-3-36-30(34)27-25-10-6-7-13-33(25)29-26(27)23-8-4-5-9-24(23)31-28(29)21-12-11-20(2)22(18-21)19-32-14-16-35-17-15-32/h4-13,18H,3,14-17,19H2,1-2H3. The van der Waals surface area contributed by atoms with Gasteiger partial charge in [-0.2, -0.15) is 0 Å². The van der Waals surface area contributed by atoms with Crippen LogP contribution in [-0.2, 0) is 16.0 Å². The minimum Gasteiger partial charge on any atom is -0.462 e. The Hall–Kier alpha value is -3.74. The van der Waals surface area contributed by atoms with Crippen molar-refractivity contribution in [2.24, 2.45) is 0 Å². The van der Waals surface area contributed by atoms with Crippen molar-refractivity contribution in [3.05, 3.63) is 83.6 Å². The first-order valence-electron chi connectivity index (χ1n) is 12.5. The van der Waals surface area contributed by atoms with Crippen LogP contribution >= 0.6 is 0 Å². The maximum Gasteiger partial charge on any atom is 0.340 e. The normalized spacial score (nSPS) is 14.6. The number of esters is 1. The van der Waals surface area contributed by atoms with Crippen LogP contribution in [0.5, 0.6) is 0 Å². The first-order valence-corrected chi connectivity index (χ1v) is 12.5. The van der Waals surface area contributed by atoms with Crippen LogP contribution in [-0.4, -0.2) is 53.2 Å². The number of carbonyl (C=O) groups is 1. The minimum absolute atomic E-state index is 0.310. The van der Waals surface area contributed by atoms with E-state index >= 15 is 0 Å². The van der Waals surface area contributed by atoms with E-state index in [1.54, 1.807) is 0 Å². The van der Waals surface area contributed by atoms with E-state index in [0.29, 0.717) is 12.2 Å². The quantitative estimate of drug-likeness (QED) is 0.306. The summed E-state index contributed by atoms with van der Waals surface area (Å²) in [7, 11) is 0. The number of hydrogen-bond acceptors (Lipinski definition) is 5. The summed E-state index contributed by atoms with van der Waals surface area (Å²) in [6, 6.07) is 20.5. The minimum atomic E-state index is -0.310. The molecule has 0 N–H and O–H groups in total. The van der Waals surface area contributed by atoms with E-state index in [9.17, 15) is 4.79 Å². The molecule has 182 valence electrons. The largest absolute Gasteiger partial charge is 0.462 e. The first kappa shape index (κ1) is 22.7. The number of hydrogen-bond donors (Lipinski definition) is 0. The molecule has 1 saturated heterocycles. The Balaban J connectivity index is 1.63. The van der Waals surface area contributed by atoms with E-state index in [2.05, 4.69) is 34.4 Å². The van der Waals surface area contributed by atoms with Gasteiger partial charge < -0.3 is 13.9 Å². The number of aryl methyl sites for hydroxylation is 1. The second-order valence-corrected chi connectivity index (χ2v) is 9.28. The van der Waals surface area contributed by atoms with Gasteiger partial charge in [0.1, 0.15) is 0 Å². The summed E-state index contributed by atoms with van der Waals surface area (Å²) in [5.41, 5.74) is 7.64. The molecule has 0 bridgehead atoms. The van der Waals surface area contributed by atoms with Crippen LogP contribution < -0.4 is 0 Å². The van der Waals surface area contributed by atoms with E-state index in [4.69, 9.17) is 14.5 Å². The second-order valence-electron chi connectivity index (χ2n) is 9.28. The Kier molecular flexibility index (Phi) is 5.91. The Morgan fingerprint density at radius 1 is 1.06 bits per heavy atom. The van der Waals surface area contributed by atoms with Gasteiger partial charge >= 0.3 is 5.97 Å². The van der Waals surface area contributed by atoms with Crippen LogP contribution in [0.4, 0.5) is 0 Å². The molecular weight excluding hydrogens is 450 g/mol. The summed E-state index contributed by atoms with van der Waals surface area (Å²) in [6.45, 7) is 8.63. The van der Waals surface area contributed by atoms with Gasteiger partial charge in [0.25, 0.3) is 0 Å². The van der Waals surface area contributed by atoms with Crippen LogP contribution in [0.2, 0.25) is 0 Å². The van der Waals surface area contributed by atoms with Gasteiger partial charge in [0.2, 0.25) is 0 Å². The second kappa shape index (κ2) is 9.37. The number of benzene rings is 2. The van der Waals surface area contributed by atoms with Crippen LogP contribution in [0.3, 0.4) is 0 Å². The molecule has 0 radical (unpaired) electrons. The highest BCUT2D eigenvalue weighted by Crippen LogP contribution is 2.38. The average molecular weight is 480 g/mol. The predicted octanol–water partition coefficient (Wildman–Crippen LogP) is 5.63. The van der Waals surface area contributed by atoms with Crippen molar-refractivity contribution < 1.29 is 14.3 Å². The molecule has 0 saturated carbocycles. The number of nitrogens with zero attached hydrogens (tertiary/aromatic N) is 3. The van der Waals surface area contributed by atoms with E-state index in [0.717, 1.165) is 71.4 Å². The number of para-hydroxylation sites is 1. The highest BCUT2D eigenvalue weighted by atomic mass is 16.5. The molecule has 3 aromatic heterocycles. The van der Waals surface area contributed by atoms with Gasteiger partial charge in [-0.15, -0.1) is 0 Å². The molecule has 0 amide bonds. The van der Waals surface area contributed by atoms with E-state index in [1.807, 2.05) is 55.6 Å². The van der Waals surface area contributed by atoms with Gasteiger partial charge in [-0.1, -0.05) is 36.4 Å². The molecule has 1 aliphatic heterocycles. The van der Waals surface area contributed by atoms with Crippen molar-refractivity contribution in [1.29, 1.82) is 0 Å². The molecule has 6 heteroatoms. The lowest BCUT2D eigenvalue weighted by Crippen LogP contribution is -2.35. The molecule has 4 heterocycles. The summed E-state index contributed by atoms with van der Waals surface area (Å²) < 4.78 is 13.1. The van der Waals surface area contributed by atoms with Gasteiger partial charge in [-0.05, 0) is 49.2 Å². The Labute approximate surface area is 210 Å². The van der Waals surface area contributed by atoms with Crippen LogP contribution in [0.1, 0.15) is 28.4 Å². The number of fused-ring (bicyclic) bond motifs is 5. The topological polar surface area (TPSA) is 56.1 Å². The Bertz CT molecular complexity index is 1600. The molecule has 1 aliphatic rings. The van der Waals surface area contributed by atoms with Gasteiger partial charge in [0, 0.05) is 42.2 Å². The zero-order valence-electron chi connectivity index (χ0n) is 20.7. The van der Waals surface area contributed by atoms with Crippen molar-refractivity contribution in [3.63, 3.8) is 0 Å². The molecular formula is C30H29N3O3. The number of aromatic nitrogens is 2. The van der Waals surface area contributed by atoms with Crippen molar-refractivity contribution in [3.8, 4) is 11.3 Å². The molecule has 2 aromatic carbocycles. The smallest absolute Gasteiger partial charge is 0.340 e. The van der Waals surface area contributed by atoms with Gasteiger partial charge in [-0.25, -0.2) is 9.78 Å². The zero-order chi connectivity index (χ0) is 24.6. The fraction of sp³-hybridized carbons (Fsp3) is 0.267. The number of rotatable bonds is 5. The highest BCUT2D eigenvalue weighted by Gasteiger charge is 2.25. The number of carbonyl (C=O) groups excluding carboxylic acids is 1. The third-order valence-electron chi connectivity index (χ3n) is 7.07. The molecule has 0 atom stereocenters. The highest BCUT2D eigenvalue weighted by molar-refractivity contribution is 6.22. The van der Waals surface area contributed by atoms with Crippen LogP contribution in [0.25, 0.3) is 38.6 Å². The average Bonchev–Trinajstić information content (AvgIpc) is 3.26. The van der Waals surface area contributed by atoms with Crippen molar-refractivity contribution in [2.75, 3.05) is 32.9 Å². The molecule has 5 aromatic rings. The lowest BCUT2D eigenvalue weighted by molar-refractivity contribution is 0.0341. The molecule has 0 unspecified atom stereocenters. The van der Waals surface area contributed by atoms with E-state index in [1.165, 1.54) is 11.1 Å². The maximum atomic E-state index is 13.3. The van der Waals surface area contributed by atoms with Crippen molar-refractivity contribution >= 4 is 33.3 Å². The monoisotopic (exact) mass is 479 g/mol. The zero-order valence-corrected chi connectivity index (χ0v) is 20.7. The third-order valence-corrected chi connectivity index (χ3v) is 7.07. The van der Waals surface area contributed by atoms with E-state index in [-0.39, 0.29) is 5.97 Å². The molecule has 0 aliphatic carbocycles. The Morgan fingerprint density at radius 2 is 1.86 bits per heavy atom. The van der Waals surface area contributed by atoms with Crippen molar-refractivity contribution in [1.82, 2.24) is 14.3 Å². The fourth-order valence-corrected chi connectivity index (χ4v) is 5.26. The molecule has 0 spiro atoms. The molecule has 6 rings (SSSR count). The van der Waals surface area contributed by atoms with Gasteiger partial charge in [-0.3, -0.25) is 4.90 Å². The SMILES string of the molecule is CCOC(=O)c1c2c3ccccc3nc(-c3ccc(C)c(CN4CCOCC4)c3)c2n2ccccc12. The maximum absolute atomic E-state index is 13.3. The molecule has 6 nitrogen and oxygen atoms in total.